The Morgan fingerprint density at radius 2 is 2.14 bits per heavy atom. The zero-order chi connectivity index (χ0) is 15.6. The molecule has 1 atom stereocenters. The summed E-state index contributed by atoms with van der Waals surface area (Å²) in [5.74, 6) is 0. The van der Waals surface area contributed by atoms with Crippen molar-refractivity contribution in [3.63, 3.8) is 0 Å². The Balaban J connectivity index is 2.14. The topological polar surface area (TPSA) is 68.1 Å². The molecule has 0 amide bonds. The molecule has 0 saturated carbocycles. The van der Waals surface area contributed by atoms with Gasteiger partial charge in [0.2, 0.25) is 0 Å². The van der Waals surface area contributed by atoms with Gasteiger partial charge in [-0.1, -0.05) is 12.1 Å². The number of benzene rings is 1. The first kappa shape index (κ1) is 15.2. The fraction of sp³-hybridized carbons (Fsp3) is 0.250. The molecule has 0 aliphatic carbocycles. The van der Waals surface area contributed by atoms with Crippen molar-refractivity contribution in [1.82, 2.24) is 4.98 Å². The van der Waals surface area contributed by atoms with Gasteiger partial charge in [-0.3, -0.25) is 10.1 Å². The summed E-state index contributed by atoms with van der Waals surface area (Å²) in [5.41, 5.74) is -0.439. The van der Waals surface area contributed by atoms with Crippen molar-refractivity contribution in [2.75, 3.05) is 5.32 Å². The van der Waals surface area contributed by atoms with Crippen molar-refractivity contribution in [3.8, 4) is 0 Å². The largest absolute Gasteiger partial charge is 0.434 e. The van der Waals surface area contributed by atoms with Crippen LogP contribution in [0.5, 0.6) is 0 Å². The molecule has 0 spiro atoms. The van der Waals surface area contributed by atoms with Crippen molar-refractivity contribution in [2.45, 2.75) is 19.1 Å². The van der Waals surface area contributed by atoms with Crippen LogP contribution in [0.1, 0.15) is 24.2 Å². The molecule has 1 heterocycles. The number of thiazole rings is 1. The van der Waals surface area contributed by atoms with Crippen LogP contribution < -0.4 is 5.32 Å². The van der Waals surface area contributed by atoms with Crippen LogP contribution >= 0.6 is 11.3 Å². The van der Waals surface area contributed by atoms with Crippen LogP contribution in [-0.4, -0.2) is 9.91 Å². The first-order valence-corrected chi connectivity index (χ1v) is 6.69. The van der Waals surface area contributed by atoms with Gasteiger partial charge in [0.15, 0.2) is 10.8 Å². The van der Waals surface area contributed by atoms with Crippen LogP contribution in [0.3, 0.4) is 0 Å². The van der Waals surface area contributed by atoms with E-state index in [0.717, 1.165) is 16.7 Å². The minimum Gasteiger partial charge on any atom is -0.355 e. The van der Waals surface area contributed by atoms with Gasteiger partial charge in [-0.05, 0) is 12.5 Å². The van der Waals surface area contributed by atoms with Gasteiger partial charge in [0, 0.05) is 17.5 Å². The van der Waals surface area contributed by atoms with E-state index in [1.807, 2.05) is 0 Å². The summed E-state index contributed by atoms with van der Waals surface area (Å²) in [7, 11) is 0. The minimum atomic E-state index is -4.48. The quantitative estimate of drug-likeness (QED) is 0.676. The van der Waals surface area contributed by atoms with Crippen molar-refractivity contribution >= 4 is 22.2 Å². The van der Waals surface area contributed by atoms with Crippen molar-refractivity contribution < 1.29 is 18.1 Å². The Hall–Kier alpha value is -2.16. The van der Waals surface area contributed by atoms with E-state index >= 15 is 0 Å². The second-order valence-electron chi connectivity index (χ2n) is 4.25. The van der Waals surface area contributed by atoms with Crippen LogP contribution in [0, 0.1) is 10.1 Å². The smallest absolute Gasteiger partial charge is 0.355 e. The first-order chi connectivity index (χ1) is 9.77. The highest BCUT2D eigenvalue weighted by Gasteiger charge is 2.33. The van der Waals surface area contributed by atoms with Gasteiger partial charge in [-0.15, -0.1) is 11.3 Å². The lowest BCUT2D eigenvalue weighted by Crippen LogP contribution is -2.09. The van der Waals surface area contributed by atoms with E-state index in [0.29, 0.717) is 5.56 Å². The number of alkyl halides is 3. The predicted molar refractivity (Wildman–Crippen MR) is 72.3 cm³/mol. The fourth-order valence-electron chi connectivity index (χ4n) is 1.65. The molecule has 1 unspecified atom stereocenters. The van der Waals surface area contributed by atoms with Crippen LogP contribution in [0.2, 0.25) is 0 Å². The number of anilines is 1. The van der Waals surface area contributed by atoms with Gasteiger partial charge in [-0.25, -0.2) is 4.98 Å². The molecule has 1 aromatic heterocycles. The highest BCUT2D eigenvalue weighted by molar-refractivity contribution is 7.13. The predicted octanol–water partition coefficient (Wildman–Crippen LogP) is 4.24. The van der Waals surface area contributed by atoms with Crippen molar-refractivity contribution in [3.05, 3.63) is 51.0 Å². The molecule has 2 rings (SSSR count). The number of aromatic nitrogens is 1. The Morgan fingerprint density at radius 1 is 1.43 bits per heavy atom. The van der Waals surface area contributed by atoms with E-state index < -0.39 is 22.8 Å². The van der Waals surface area contributed by atoms with E-state index in [1.165, 1.54) is 18.2 Å². The third kappa shape index (κ3) is 3.69. The summed E-state index contributed by atoms with van der Waals surface area (Å²) in [5, 5.41) is 14.5. The minimum absolute atomic E-state index is 0.0729. The summed E-state index contributed by atoms with van der Waals surface area (Å²) >= 11 is 0.834. The Kier molecular flexibility index (Phi) is 4.12. The molecule has 9 heteroatoms. The molecule has 21 heavy (non-hydrogen) atoms. The molecule has 0 bridgehead atoms. The summed E-state index contributed by atoms with van der Waals surface area (Å²) < 4.78 is 37.3. The third-order valence-corrected chi connectivity index (χ3v) is 3.49. The fourth-order valence-corrected chi connectivity index (χ4v) is 2.45. The summed E-state index contributed by atoms with van der Waals surface area (Å²) in [4.78, 5) is 13.6. The first-order valence-electron chi connectivity index (χ1n) is 5.81. The van der Waals surface area contributed by atoms with Gasteiger partial charge in [-0.2, -0.15) is 13.2 Å². The second kappa shape index (κ2) is 5.68. The molecule has 0 radical (unpaired) electrons. The number of nitrogens with zero attached hydrogens (tertiary/aromatic N) is 2. The molecule has 0 fully saturated rings. The van der Waals surface area contributed by atoms with Gasteiger partial charge in [0.05, 0.1) is 11.0 Å². The average Bonchev–Trinajstić information content (AvgIpc) is 2.87. The van der Waals surface area contributed by atoms with E-state index in [9.17, 15) is 23.3 Å². The SMILES string of the molecule is CC(Nc1nc(C(F)(F)F)cs1)c1cccc([N+](=O)[O-])c1. The van der Waals surface area contributed by atoms with Crippen LogP contribution in [-0.2, 0) is 6.18 Å². The molecular weight excluding hydrogens is 307 g/mol. The number of hydrogen-bond acceptors (Lipinski definition) is 5. The van der Waals surface area contributed by atoms with E-state index in [1.54, 1.807) is 13.0 Å². The Morgan fingerprint density at radius 3 is 2.71 bits per heavy atom. The van der Waals surface area contributed by atoms with Gasteiger partial charge >= 0.3 is 6.18 Å². The number of nitro groups is 1. The average molecular weight is 317 g/mol. The highest BCUT2D eigenvalue weighted by atomic mass is 32.1. The maximum atomic E-state index is 12.4. The molecule has 112 valence electrons. The highest BCUT2D eigenvalue weighted by Crippen LogP contribution is 2.33. The van der Waals surface area contributed by atoms with Gasteiger partial charge < -0.3 is 5.32 Å². The lowest BCUT2D eigenvalue weighted by molar-refractivity contribution is -0.384. The normalized spacial score (nSPS) is 13.0. The number of non-ortho nitro benzene ring substituents is 1. The lowest BCUT2D eigenvalue weighted by Gasteiger charge is -2.13. The zero-order valence-electron chi connectivity index (χ0n) is 10.7. The molecule has 0 saturated heterocycles. The second-order valence-corrected chi connectivity index (χ2v) is 5.11. The van der Waals surface area contributed by atoms with Crippen molar-refractivity contribution in [2.24, 2.45) is 0 Å². The molecular formula is C12H10F3N3O2S. The van der Waals surface area contributed by atoms with Gasteiger partial charge in [0.1, 0.15) is 0 Å². The van der Waals surface area contributed by atoms with E-state index in [-0.39, 0.29) is 10.8 Å². The summed E-state index contributed by atoms with van der Waals surface area (Å²) in [6, 6.07) is 5.49. The molecule has 5 nitrogen and oxygen atoms in total. The number of nitrogens with one attached hydrogen (secondary N) is 1. The van der Waals surface area contributed by atoms with Crippen LogP contribution in [0.25, 0.3) is 0 Å². The Bertz CT molecular complexity index is 657. The van der Waals surface area contributed by atoms with Crippen LogP contribution in [0.15, 0.2) is 29.6 Å². The maximum Gasteiger partial charge on any atom is 0.434 e. The maximum absolute atomic E-state index is 12.4. The standard InChI is InChI=1S/C12H10F3N3O2S/c1-7(8-3-2-4-9(5-8)18(19)20)16-11-17-10(6-21-11)12(13,14)15/h2-7H,1H3,(H,16,17). The number of nitro benzene ring substituents is 1. The van der Waals surface area contributed by atoms with Crippen LogP contribution in [0.4, 0.5) is 24.0 Å². The summed E-state index contributed by atoms with van der Waals surface area (Å²) in [6.45, 7) is 1.69. The number of rotatable bonds is 4. The third-order valence-electron chi connectivity index (χ3n) is 2.72. The molecule has 1 N–H and O–H groups in total. The number of hydrogen-bond donors (Lipinski definition) is 1. The monoisotopic (exact) mass is 317 g/mol. The molecule has 0 aliphatic heterocycles. The lowest BCUT2D eigenvalue weighted by atomic mass is 10.1. The molecule has 2 aromatic rings. The summed E-state index contributed by atoms with van der Waals surface area (Å²) in [6.07, 6.45) is -4.48. The van der Waals surface area contributed by atoms with E-state index in [4.69, 9.17) is 0 Å². The molecule has 1 aromatic carbocycles. The van der Waals surface area contributed by atoms with Gasteiger partial charge in [0.25, 0.3) is 5.69 Å². The Labute approximate surface area is 121 Å². The molecule has 0 aliphatic rings. The van der Waals surface area contributed by atoms with Crippen molar-refractivity contribution in [1.29, 1.82) is 0 Å². The van der Waals surface area contributed by atoms with E-state index in [2.05, 4.69) is 10.3 Å². The zero-order valence-corrected chi connectivity index (χ0v) is 11.5. The number of halogens is 3.